The van der Waals surface area contributed by atoms with Crippen molar-refractivity contribution < 1.29 is 9.59 Å². The minimum absolute atomic E-state index is 0.0508. The molecule has 24 heavy (non-hydrogen) atoms. The Morgan fingerprint density at radius 2 is 1.96 bits per heavy atom. The Morgan fingerprint density at radius 3 is 2.62 bits per heavy atom. The van der Waals surface area contributed by atoms with Crippen molar-refractivity contribution in [1.82, 2.24) is 14.8 Å². The molecule has 1 aliphatic heterocycles. The summed E-state index contributed by atoms with van der Waals surface area (Å²) in [6, 6.07) is 4.26. The Labute approximate surface area is 144 Å². The molecule has 1 aliphatic carbocycles. The molecule has 2 fully saturated rings. The van der Waals surface area contributed by atoms with Crippen molar-refractivity contribution in [2.75, 3.05) is 13.1 Å². The molecule has 0 N–H and O–H groups in total. The predicted octanol–water partition coefficient (Wildman–Crippen LogP) is 2.61. The average Bonchev–Trinajstić information content (AvgIpc) is 3.15. The topological polar surface area (TPSA) is 53.5 Å². The molecule has 2 aliphatic rings. The van der Waals surface area contributed by atoms with Crippen molar-refractivity contribution in [2.45, 2.75) is 58.0 Å². The van der Waals surface area contributed by atoms with Crippen LogP contribution in [-0.4, -0.2) is 45.7 Å². The molecule has 0 bridgehead atoms. The lowest BCUT2D eigenvalue weighted by atomic mass is 9.94. The van der Waals surface area contributed by atoms with Gasteiger partial charge in [0.05, 0.1) is 5.92 Å². The number of aromatic nitrogens is 1. The predicted molar refractivity (Wildman–Crippen MR) is 92.0 cm³/mol. The zero-order valence-corrected chi connectivity index (χ0v) is 14.5. The number of piperidine rings is 1. The van der Waals surface area contributed by atoms with Gasteiger partial charge in [-0.25, -0.2) is 0 Å². The van der Waals surface area contributed by atoms with Crippen LogP contribution in [-0.2, 0) is 16.1 Å². The van der Waals surface area contributed by atoms with Crippen molar-refractivity contribution in [3.8, 4) is 0 Å². The standard InChI is InChI=1S/C19H27N3O2/c1-2-21(13-15-9-11-20-12-10-15)19(24)16-7-8-18(23)22(14-16)17-5-3-4-6-17/h9-12,16-17H,2-8,13-14H2,1H3/t16-/m0/s1. The molecule has 1 saturated heterocycles. The SMILES string of the molecule is CCN(Cc1ccncc1)C(=O)[C@H]1CCC(=O)N(C2CCCC2)C1. The van der Waals surface area contributed by atoms with Gasteiger partial charge in [-0.2, -0.15) is 0 Å². The first-order valence-corrected chi connectivity index (χ1v) is 9.16. The summed E-state index contributed by atoms with van der Waals surface area (Å²) < 4.78 is 0. The Kier molecular flexibility index (Phi) is 5.48. The summed E-state index contributed by atoms with van der Waals surface area (Å²) in [7, 11) is 0. The Balaban J connectivity index is 1.65. The number of likely N-dealkylation sites (tertiary alicyclic amines) is 1. The maximum absolute atomic E-state index is 13.0. The maximum atomic E-state index is 13.0. The van der Waals surface area contributed by atoms with Crippen molar-refractivity contribution >= 4 is 11.8 Å². The summed E-state index contributed by atoms with van der Waals surface area (Å²) in [5.41, 5.74) is 1.10. The first-order valence-electron chi connectivity index (χ1n) is 9.16. The van der Waals surface area contributed by atoms with Crippen molar-refractivity contribution in [3.63, 3.8) is 0 Å². The van der Waals surface area contributed by atoms with E-state index in [4.69, 9.17) is 0 Å². The third kappa shape index (κ3) is 3.77. The fourth-order valence-electron chi connectivity index (χ4n) is 3.95. The summed E-state index contributed by atoms with van der Waals surface area (Å²) >= 11 is 0. The number of hydrogen-bond donors (Lipinski definition) is 0. The highest BCUT2D eigenvalue weighted by atomic mass is 16.2. The van der Waals surface area contributed by atoms with Gasteiger partial charge in [0.15, 0.2) is 0 Å². The minimum atomic E-state index is -0.0508. The zero-order chi connectivity index (χ0) is 16.9. The van der Waals surface area contributed by atoms with E-state index in [1.165, 1.54) is 12.8 Å². The number of amides is 2. The van der Waals surface area contributed by atoms with E-state index < -0.39 is 0 Å². The molecule has 1 aromatic rings. The van der Waals surface area contributed by atoms with Crippen LogP contribution in [0.15, 0.2) is 24.5 Å². The largest absolute Gasteiger partial charge is 0.339 e. The summed E-state index contributed by atoms with van der Waals surface area (Å²) in [6.45, 7) is 3.93. The fourth-order valence-corrected chi connectivity index (χ4v) is 3.95. The van der Waals surface area contributed by atoms with Crippen LogP contribution in [0.25, 0.3) is 0 Å². The molecule has 1 aromatic heterocycles. The molecule has 1 saturated carbocycles. The molecule has 130 valence electrons. The van der Waals surface area contributed by atoms with Gasteiger partial charge in [0, 0.05) is 44.5 Å². The highest BCUT2D eigenvalue weighted by Crippen LogP contribution is 2.29. The van der Waals surface area contributed by atoms with Gasteiger partial charge < -0.3 is 9.80 Å². The van der Waals surface area contributed by atoms with Crippen molar-refractivity contribution in [2.24, 2.45) is 5.92 Å². The first kappa shape index (κ1) is 16.9. The maximum Gasteiger partial charge on any atom is 0.227 e. The Bertz CT molecular complexity index is 569. The third-order valence-corrected chi connectivity index (χ3v) is 5.37. The van der Waals surface area contributed by atoms with Crippen LogP contribution in [0.1, 0.15) is 51.0 Å². The van der Waals surface area contributed by atoms with Crippen molar-refractivity contribution in [3.05, 3.63) is 30.1 Å². The van der Waals surface area contributed by atoms with Crippen LogP contribution in [0.5, 0.6) is 0 Å². The normalized spacial score (nSPS) is 22.0. The molecule has 2 heterocycles. The molecule has 2 amide bonds. The van der Waals surface area contributed by atoms with E-state index in [9.17, 15) is 9.59 Å². The second-order valence-electron chi connectivity index (χ2n) is 6.93. The quantitative estimate of drug-likeness (QED) is 0.834. The second-order valence-corrected chi connectivity index (χ2v) is 6.93. The van der Waals surface area contributed by atoms with Crippen LogP contribution < -0.4 is 0 Å². The lowest BCUT2D eigenvalue weighted by molar-refractivity contribution is -0.145. The minimum Gasteiger partial charge on any atom is -0.339 e. The smallest absolute Gasteiger partial charge is 0.227 e. The Hall–Kier alpha value is -1.91. The van der Waals surface area contributed by atoms with Crippen LogP contribution in [0.4, 0.5) is 0 Å². The van der Waals surface area contributed by atoms with Crippen LogP contribution in [0, 0.1) is 5.92 Å². The van der Waals surface area contributed by atoms with E-state index >= 15 is 0 Å². The van der Waals surface area contributed by atoms with E-state index in [0.29, 0.717) is 38.5 Å². The molecule has 0 unspecified atom stereocenters. The van der Waals surface area contributed by atoms with Gasteiger partial charge in [-0.05, 0) is 43.9 Å². The summed E-state index contributed by atoms with van der Waals surface area (Å²) in [5.74, 6) is 0.373. The number of carbonyl (C=O) groups excluding carboxylic acids is 2. The molecule has 1 atom stereocenters. The lowest BCUT2D eigenvalue weighted by Crippen LogP contribution is -2.50. The molecular weight excluding hydrogens is 302 g/mol. The van der Waals surface area contributed by atoms with E-state index in [2.05, 4.69) is 4.98 Å². The molecule has 3 rings (SSSR count). The highest BCUT2D eigenvalue weighted by Gasteiger charge is 2.36. The van der Waals surface area contributed by atoms with Crippen LogP contribution in [0.2, 0.25) is 0 Å². The molecule has 0 aromatic carbocycles. The van der Waals surface area contributed by atoms with Gasteiger partial charge in [0.2, 0.25) is 11.8 Å². The van der Waals surface area contributed by atoms with E-state index in [1.54, 1.807) is 12.4 Å². The van der Waals surface area contributed by atoms with Gasteiger partial charge in [0.1, 0.15) is 0 Å². The lowest BCUT2D eigenvalue weighted by Gasteiger charge is -2.38. The molecule has 0 radical (unpaired) electrons. The molecule has 5 nitrogen and oxygen atoms in total. The summed E-state index contributed by atoms with van der Waals surface area (Å²) in [5, 5.41) is 0. The van der Waals surface area contributed by atoms with E-state index in [1.807, 2.05) is 28.9 Å². The number of hydrogen-bond acceptors (Lipinski definition) is 3. The van der Waals surface area contributed by atoms with Gasteiger partial charge in [-0.1, -0.05) is 12.8 Å². The fraction of sp³-hybridized carbons (Fsp3) is 0.632. The summed E-state index contributed by atoms with van der Waals surface area (Å²) in [4.78, 5) is 33.2. The number of nitrogens with zero attached hydrogens (tertiary/aromatic N) is 3. The highest BCUT2D eigenvalue weighted by molar-refractivity contribution is 5.84. The third-order valence-electron chi connectivity index (χ3n) is 5.37. The number of carbonyl (C=O) groups is 2. The van der Waals surface area contributed by atoms with Gasteiger partial charge in [0.25, 0.3) is 0 Å². The molecule has 5 heteroatoms. The van der Waals surface area contributed by atoms with Gasteiger partial charge in [-0.3, -0.25) is 14.6 Å². The molecule has 0 spiro atoms. The van der Waals surface area contributed by atoms with E-state index in [0.717, 1.165) is 18.4 Å². The van der Waals surface area contributed by atoms with Gasteiger partial charge in [-0.15, -0.1) is 0 Å². The van der Waals surface area contributed by atoms with Crippen LogP contribution >= 0.6 is 0 Å². The second kappa shape index (κ2) is 7.77. The zero-order valence-electron chi connectivity index (χ0n) is 14.5. The van der Waals surface area contributed by atoms with Gasteiger partial charge >= 0.3 is 0 Å². The average molecular weight is 329 g/mol. The molecular formula is C19H27N3O2. The van der Waals surface area contributed by atoms with Crippen LogP contribution in [0.3, 0.4) is 0 Å². The van der Waals surface area contributed by atoms with Crippen molar-refractivity contribution in [1.29, 1.82) is 0 Å². The Morgan fingerprint density at radius 1 is 1.25 bits per heavy atom. The summed E-state index contributed by atoms with van der Waals surface area (Å²) in [6.07, 6.45) is 9.33. The first-order chi connectivity index (χ1) is 11.7. The monoisotopic (exact) mass is 329 g/mol. The van der Waals surface area contributed by atoms with E-state index in [-0.39, 0.29) is 17.7 Å². The number of pyridine rings is 1. The number of rotatable bonds is 5.